The average Bonchev–Trinajstić information content (AvgIpc) is 3.30. The van der Waals surface area contributed by atoms with Gasteiger partial charge in [-0.2, -0.15) is 8.75 Å². The van der Waals surface area contributed by atoms with Crippen molar-refractivity contribution in [2.24, 2.45) is 11.8 Å². The van der Waals surface area contributed by atoms with Gasteiger partial charge in [-0.25, -0.2) is 9.18 Å². The number of hydrogen-bond acceptors (Lipinski definition) is 6. The van der Waals surface area contributed by atoms with Crippen molar-refractivity contribution in [3.63, 3.8) is 0 Å². The topological polar surface area (TPSA) is 77.0 Å². The molecule has 6 nitrogen and oxygen atoms in total. The maximum absolute atomic E-state index is 13.5. The number of rotatable bonds is 5. The molecule has 1 aromatic carbocycles. The van der Waals surface area contributed by atoms with Gasteiger partial charge in [0.25, 0.3) is 0 Å². The van der Waals surface area contributed by atoms with Gasteiger partial charge < -0.3 is 10.1 Å². The first-order valence-corrected chi connectivity index (χ1v) is 12.5. The fraction of sp³-hybridized carbons (Fsp3) is 0.385. The van der Waals surface area contributed by atoms with Crippen molar-refractivity contribution < 1.29 is 13.9 Å². The Bertz CT molecular complexity index is 1180. The van der Waals surface area contributed by atoms with Gasteiger partial charge in [0.1, 0.15) is 5.82 Å². The number of carbonyl (C=O) groups is 1. The summed E-state index contributed by atoms with van der Waals surface area (Å²) in [5.41, 5.74) is 4.70. The summed E-state index contributed by atoms with van der Waals surface area (Å²) in [6.07, 6.45) is 9.47. The van der Waals surface area contributed by atoms with Crippen molar-refractivity contribution >= 4 is 23.9 Å². The van der Waals surface area contributed by atoms with E-state index in [1.807, 2.05) is 25.1 Å². The largest absolute Gasteiger partial charge is 0.450 e. The molecule has 176 valence electrons. The molecule has 0 spiro atoms. The molecule has 1 fully saturated rings. The Morgan fingerprint density at radius 2 is 2.15 bits per heavy atom. The van der Waals surface area contributed by atoms with Crippen molar-refractivity contribution in [1.29, 1.82) is 0 Å². The van der Waals surface area contributed by atoms with E-state index in [0.29, 0.717) is 18.4 Å². The standard InChI is InChI=1S/C26H27FN4O2S/c1-2-33-26(32)29-21-9-10-22-18(13-21)14-24-25(31-34-30-24)23(22)11-8-20-7-6-17(15-28-20)16-4-3-5-19(27)12-16/h3-8,11-12,15,18,21-23H,2,9-10,13-14H2,1H3,(H,29,32)/t18-,21+,22+,23-/m0/s1. The number of nitrogens with one attached hydrogen (secondary N) is 1. The molecule has 0 unspecified atom stereocenters. The summed E-state index contributed by atoms with van der Waals surface area (Å²) in [6, 6.07) is 10.6. The molecule has 5 rings (SSSR count). The van der Waals surface area contributed by atoms with Gasteiger partial charge in [-0.15, -0.1) is 0 Å². The highest BCUT2D eigenvalue weighted by molar-refractivity contribution is 6.99. The number of ether oxygens (including phenoxy) is 1. The highest BCUT2D eigenvalue weighted by Crippen LogP contribution is 2.47. The molecule has 2 heterocycles. The Morgan fingerprint density at radius 1 is 1.24 bits per heavy atom. The lowest BCUT2D eigenvalue weighted by Gasteiger charge is -2.42. The number of fused-ring (bicyclic) bond motifs is 2. The lowest BCUT2D eigenvalue weighted by Crippen LogP contribution is -2.44. The number of pyridine rings is 1. The van der Waals surface area contributed by atoms with Crippen LogP contribution in [0.15, 0.2) is 48.7 Å². The quantitative estimate of drug-likeness (QED) is 0.515. The number of hydrogen-bond donors (Lipinski definition) is 1. The number of aromatic nitrogens is 3. The van der Waals surface area contributed by atoms with E-state index in [0.717, 1.165) is 53.9 Å². The van der Waals surface area contributed by atoms with Crippen molar-refractivity contribution in [1.82, 2.24) is 19.0 Å². The second-order valence-corrected chi connectivity index (χ2v) is 9.49. The molecular weight excluding hydrogens is 451 g/mol. The first-order valence-electron chi connectivity index (χ1n) is 11.8. The van der Waals surface area contributed by atoms with Crippen LogP contribution in [0.3, 0.4) is 0 Å². The fourth-order valence-electron chi connectivity index (χ4n) is 5.30. The maximum Gasteiger partial charge on any atom is 0.407 e. The summed E-state index contributed by atoms with van der Waals surface area (Å²) < 4.78 is 27.8. The first-order chi connectivity index (χ1) is 16.6. The van der Waals surface area contributed by atoms with Crippen LogP contribution < -0.4 is 5.32 Å². The first kappa shape index (κ1) is 22.7. The van der Waals surface area contributed by atoms with Gasteiger partial charge in [0.05, 0.1) is 35.4 Å². The van der Waals surface area contributed by atoms with Gasteiger partial charge >= 0.3 is 6.09 Å². The molecule has 8 heteroatoms. The van der Waals surface area contributed by atoms with E-state index in [-0.39, 0.29) is 23.9 Å². The van der Waals surface area contributed by atoms with Crippen LogP contribution in [-0.4, -0.2) is 32.5 Å². The summed E-state index contributed by atoms with van der Waals surface area (Å²) >= 11 is 1.28. The molecule has 2 aromatic heterocycles. The van der Waals surface area contributed by atoms with Crippen LogP contribution in [0.2, 0.25) is 0 Å². The van der Waals surface area contributed by atoms with Gasteiger partial charge in [0.2, 0.25) is 0 Å². The molecule has 1 saturated carbocycles. The lowest BCUT2D eigenvalue weighted by molar-refractivity contribution is 0.128. The van der Waals surface area contributed by atoms with Crippen molar-refractivity contribution in [3.8, 4) is 11.1 Å². The zero-order chi connectivity index (χ0) is 23.5. The molecule has 1 amide bonds. The maximum atomic E-state index is 13.5. The Morgan fingerprint density at radius 3 is 2.94 bits per heavy atom. The van der Waals surface area contributed by atoms with Crippen LogP contribution in [0.1, 0.15) is 49.2 Å². The Labute approximate surface area is 202 Å². The van der Waals surface area contributed by atoms with E-state index in [4.69, 9.17) is 4.74 Å². The zero-order valence-electron chi connectivity index (χ0n) is 19.0. The van der Waals surface area contributed by atoms with Gasteiger partial charge in [-0.3, -0.25) is 4.98 Å². The second-order valence-electron chi connectivity index (χ2n) is 8.97. The van der Waals surface area contributed by atoms with Crippen LogP contribution in [0.4, 0.5) is 9.18 Å². The van der Waals surface area contributed by atoms with Gasteiger partial charge in [-0.05, 0) is 74.3 Å². The van der Waals surface area contributed by atoms with Crippen LogP contribution in [0.25, 0.3) is 17.2 Å². The van der Waals surface area contributed by atoms with Crippen molar-refractivity contribution in [2.45, 2.75) is 44.6 Å². The molecule has 0 bridgehead atoms. The number of allylic oxidation sites excluding steroid dienone is 1. The van der Waals surface area contributed by atoms with Gasteiger partial charge in [0, 0.05) is 23.7 Å². The number of nitrogens with zero attached hydrogens (tertiary/aromatic N) is 3. The number of benzene rings is 1. The van der Waals surface area contributed by atoms with Crippen LogP contribution in [-0.2, 0) is 11.2 Å². The summed E-state index contributed by atoms with van der Waals surface area (Å²) in [7, 11) is 0. The summed E-state index contributed by atoms with van der Waals surface area (Å²) in [4.78, 5) is 16.5. The van der Waals surface area contributed by atoms with Crippen molar-refractivity contribution in [2.75, 3.05) is 6.61 Å². The summed E-state index contributed by atoms with van der Waals surface area (Å²) in [5, 5.41) is 3.02. The molecule has 0 saturated heterocycles. The highest BCUT2D eigenvalue weighted by Gasteiger charge is 2.41. The minimum Gasteiger partial charge on any atom is -0.450 e. The number of alkyl carbamates (subject to hydrolysis) is 1. The monoisotopic (exact) mass is 478 g/mol. The summed E-state index contributed by atoms with van der Waals surface area (Å²) in [5.74, 6) is 0.823. The minimum absolute atomic E-state index is 0.134. The van der Waals surface area contributed by atoms with E-state index in [1.54, 1.807) is 12.3 Å². The third-order valence-corrected chi connectivity index (χ3v) is 7.46. The van der Waals surface area contributed by atoms with Crippen LogP contribution >= 0.6 is 11.7 Å². The van der Waals surface area contributed by atoms with Gasteiger partial charge in [0.15, 0.2) is 0 Å². The third-order valence-electron chi connectivity index (χ3n) is 6.88. The SMILES string of the molecule is CCOC(=O)N[C@@H]1CC[C@@H]2[C@H](Cc3nsnc3[C@H]2C=Cc2ccc(-c3cccc(F)c3)cn2)C1. The third kappa shape index (κ3) is 4.87. The fourth-order valence-corrected chi connectivity index (χ4v) is 5.93. The summed E-state index contributed by atoms with van der Waals surface area (Å²) in [6.45, 7) is 2.19. The Balaban J connectivity index is 1.32. The number of halogens is 1. The average molecular weight is 479 g/mol. The molecule has 1 N–H and O–H groups in total. The molecular formula is C26H27FN4O2S. The zero-order valence-corrected chi connectivity index (χ0v) is 19.8. The van der Waals surface area contributed by atoms with Gasteiger partial charge in [-0.1, -0.05) is 24.3 Å². The van der Waals surface area contributed by atoms with E-state index in [9.17, 15) is 9.18 Å². The molecule has 2 aliphatic carbocycles. The molecule has 2 aliphatic rings. The smallest absolute Gasteiger partial charge is 0.407 e. The lowest BCUT2D eigenvalue weighted by atomic mass is 9.64. The Hall–Kier alpha value is -3.13. The predicted octanol–water partition coefficient (Wildman–Crippen LogP) is 5.62. The van der Waals surface area contributed by atoms with E-state index >= 15 is 0 Å². The van der Waals surface area contributed by atoms with E-state index < -0.39 is 0 Å². The minimum atomic E-state index is -0.331. The molecule has 0 aliphatic heterocycles. The van der Waals surface area contributed by atoms with Crippen LogP contribution in [0, 0.1) is 17.7 Å². The molecule has 34 heavy (non-hydrogen) atoms. The van der Waals surface area contributed by atoms with Crippen molar-refractivity contribution in [3.05, 3.63) is 71.6 Å². The molecule has 3 aromatic rings. The number of carbonyl (C=O) groups excluding carboxylic acids is 1. The Kier molecular flexibility index (Phi) is 6.67. The molecule has 0 radical (unpaired) electrons. The van der Waals surface area contributed by atoms with E-state index in [1.165, 1.54) is 23.9 Å². The molecule has 4 atom stereocenters. The predicted molar refractivity (Wildman–Crippen MR) is 130 cm³/mol. The second kappa shape index (κ2) is 10.0. The number of amides is 1. The van der Waals surface area contributed by atoms with Crippen LogP contribution in [0.5, 0.6) is 0 Å². The highest BCUT2D eigenvalue weighted by atomic mass is 32.1. The normalized spacial score (nSPS) is 23.8. The van der Waals surface area contributed by atoms with E-state index in [2.05, 4.69) is 31.2 Å².